The van der Waals surface area contributed by atoms with Crippen molar-refractivity contribution in [3.63, 3.8) is 0 Å². The average molecular weight is 391 g/mol. The van der Waals surface area contributed by atoms with Crippen LogP contribution < -0.4 is 10.6 Å². The summed E-state index contributed by atoms with van der Waals surface area (Å²) in [4.78, 5) is 49.6. The Balaban J connectivity index is 2.13. The van der Waals surface area contributed by atoms with Gasteiger partial charge >= 0.3 is 12.1 Å². The molecule has 0 unspecified atom stereocenters. The molecule has 0 saturated carbocycles. The largest absolute Gasteiger partial charge is 0.481 e. The maximum atomic E-state index is 12.9. The number of aliphatic carboxylic acids is 1. The van der Waals surface area contributed by atoms with Crippen molar-refractivity contribution in [3.8, 4) is 0 Å². The van der Waals surface area contributed by atoms with Gasteiger partial charge in [0.25, 0.3) is 0 Å². The van der Waals surface area contributed by atoms with Gasteiger partial charge in [0.2, 0.25) is 11.8 Å². The lowest BCUT2D eigenvalue weighted by molar-refractivity contribution is -0.153. The first-order valence-electron chi connectivity index (χ1n) is 8.90. The van der Waals surface area contributed by atoms with Gasteiger partial charge in [-0.1, -0.05) is 30.3 Å². The van der Waals surface area contributed by atoms with Crippen LogP contribution in [0.1, 0.15) is 32.8 Å². The lowest BCUT2D eigenvalue weighted by atomic mass is 10.0. The Hall–Kier alpha value is -3.10. The van der Waals surface area contributed by atoms with Crippen molar-refractivity contribution < 1.29 is 29.0 Å². The van der Waals surface area contributed by atoms with Crippen LogP contribution in [0.15, 0.2) is 30.3 Å². The monoisotopic (exact) mass is 391 g/mol. The molecule has 2 atom stereocenters. The van der Waals surface area contributed by atoms with Gasteiger partial charge in [0.05, 0.1) is 13.0 Å². The van der Waals surface area contributed by atoms with Crippen molar-refractivity contribution >= 4 is 23.9 Å². The SMILES string of the molecule is CC(C)(C)OC(=O)NC[C@@H]1NC(=O)[C@@H](CC(=O)O)N(Cc2ccccc2)C1=O. The summed E-state index contributed by atoms with van der Waals surface area (Å²) in [5.41, 5.74) is 0.0651. The average Bonchev–Trinajstić information content (AvgIpc) is 2.59. The highest BCUT2D eigenvalue weighted by atomic mass is 16.6. The number of carbonyl (C=O) groups is 4. The summed E-state index contributed by atoms with van der Waals surface area (Å²) < 4.78 is 5.12. The molecule has 1 heterocycles. The predicted molar refractivity (Wildman–Crippen MR) is 99.2 cm³/mol. The molecule has 0 aliphatic carbocycles. The van der Waals surface area contributed by atoms with E-state index in [1.54, 1.807) is 45.0 Å². The van der Waals surface area contributed by atoms with Crippen LogP contribution in [0.5, 0.6) is 0 Å². The van der Waals surface area contributed by atoms with Crippen LogP contribution in [0.3, 0.4) is 0 Å². The first kappa shape index (κ1) is 21.2. The van der Waals surface area contributed by atoms with Gasteiger partial charge in [-0.15, -0.1) is 0 Å². The number of hydrogen-bond donors (Lipinski definition) is 3. The van der Waals surface area contributed by atoms with E-state index in [1.165, 1.54) is 4.90 Å². The number of piperazine rings is 1. The van der Waals surface area contributed by atoms with Crippen LogP contribution in [0.2, 0.25) is 0 Å². The zero-order chi connectivity index (χ0) is 20.9. The number of nitrogens with one attached hydrogen (secondary N) is 2. The van der Waals surface area contributed by atoms with Gasteiger partial charge in [-0.3, -0.25) is 14.4 Å². The Morgan fingerprint density at radius 2 is 1.86 bits per heavy atom. The first-order chi connectivity index (χ1) is 13.1. The van der Waals surface area contributed by atoms with Gasteiger partial charge in [0.1, 0.15) is 17.7 Å². The van der Waals surface area contributed by atoms with E-state index >= 15 is 0 Å². The smallest absolute Gasteiger partial charge is 0.407 e. The van der Waals surface area contributed by atoms with Gasteiger partial charge in [0, 0.05) is 6.54 Å². The van der Waals surface area contributed by atoms with Crippen molar-refractivity contribution in [2.24, 2.45) is 0 Å². The summed E-state index contributed by atoms with van der Waals surface area (Å²) in [7, 11) is 0. The van der Waals surface area contributed by atoms with Gasteiger partial charge < -0.3 is 25.4 Å². The third kappa shape index (κ3) is 5.97. The second kappa shape index (κ2) is 8.73. The molecular formula is C19H25N3O6. The number of alkyl carbamates (subject to hydrolysis) is 1. The molecule has 1 aliphatic rings. The molecule has 152 valence electrons. The molecule has 1 saturated heterocycles. The van der Waals surface area contributed by atoms with Crippen molar-refractivity contribution in [1.82, 2.24) is 15.5 Å². The quantitative estimate of drug-likeness (QED) is 0.661. The molecule has 1 aromatic rings. The molecule has 1 aromatic carbocycles. The van der Waals surface area contributed by atoms with Crippen LogP contribution in [0.4, 0.5) is 4.79 Å². The Bertz CT molecular complexity index is 744. The van der Waals surface area contributed by atoms with Crippen LogP contribution >= 0.6 is 0 Å². The van der Waals surface area contributed by atoms with Gasteiger partial charge in [0.15, 0.2) is 0 Å². The van der Waals surface area contributed by atoms with E-state index in [9.17, 15) is 19.2 Å². The van der Waals surface area contributed by atoms with E-state index in [0.717, 1.165) is 5.56 Å². The van der Waals surface area contributed by atoms with Gasteiger partial charge in [-0.05, 0) is 26.3 Å². The number of benzene rings is 1. The number of rotatable bonds is 6. The second-order valence-corrected chi connectivity index (χ2v) is 7.51. The molecule has 3 N–H and O–H groups in total. The number of carboxylic acids is 1. The summed E-state index contributed by atoms with van der Waals surface area (Å²) in [5.74, 6) is -2.23. The Morgan fingerprint density at radius 1 is 1.21 bits per heavy atom. The standard InChI is InChI=1S/C19H25N3O6/c1-19(2,3)28-18(27)20-10-13-17(26)22(11-12-7-5-4-6-8-12)14(9-15(23)24)16(25)21-13/h4-8,13-14H,9-11H2,1-3H3,(H,20,27)(H,21,25)(H,23,24)/t13-,14+/m0/s1. The number of nitrogens with zero attached hydrogens (tertiary/aromatic N) is 1. The number of carboxylic acid groups (broad SMARTS) is 1. The van der Waals surface area contributed by atoms with Crippen molar-refractivity contribution in [2.45, 2.75) is 51.4 Å². The van der Waals surface area contributed by atoms with Crippen LogP contribution in [0.25, 0.3) is 0 Å². The Labute approximate surface area is 163 Å². The van der Waals surface area contributed by atoms with E-state index in [0.29, 0.717) is 0 Å². The lowest BCUT2D eigenvalue weighted by Crippen LogP contribution is -2.65. The van der Waals surface area contributed by atoms with Crippen molar-refractivity contribution in [1.29, 1.82) is 0 Å². The zero-order valence-electron chi connectivity index (χ0n) is 16.1. The minimum Gasteiger partial charge on any atom is -0.481 e. The highest BCUT2D eigenvalue weighted by Crippen LogP contribution is 2.17. The maximum Gasteiger partial charge on any atom is 0.407 e. The molecule has 9 nitrogen and oxygen atoms in total. The molecule has 0 spiro atoms. The fraction of sp³-hybridized carbons (Fsp3) is 0.474. The molecule has 28 heavy (non-hydrogen) atoms. The molecule has 9 heteroatoms. The van der Waals surface area contributed by atoms with E-state index in [-0.39, 0.29) is 13.1 Å². The van der Waals surface area contributed by atoms with E-state index in [2.05, 4.69) is 10.6 Å². The minimum atomic E-state index is -1.18. The molecule has 1 fully saturated rings. The third-order valence-electron chi connectivity index (χ3n) is 3.99. The summed E-state index contributed by atoms with van der Waals surface area (Å²) in [5, 5.41) is 14.1. The molecule has 2 rings (SSSR count). The van der Waals surface area contributed by atoms with Gasteiger partial charge in [-0.2, -0.15) is 0 Å². The zero-order valence-corrected chi connectivity index (χ0v) is 16.1. The van der Waals surface area contributed by atoms with Crippen molar-refractivity contribution in [2.75, 3.05) is 6.54 Å². The fourth-order valence-electron chi connectivity index (χ4n) is 2.80. The van der Waals surface area contributed by atoms with E-state index in [1.807, 2.05) is 6.07 Å². The number of ether oxygens (including phenoxy) is 1. The highest BCUT2D eigenvalue weighted by molar-refractivity contribution is 5.98. The molecule has 0 radical (unpaired) electrons. The summed E-state index contributed by atoms with van der Waals surface area (Å²) in [6, 6.07) is 6.83. The lowest BCUT2D eigenvalue weighted by Gasteiger charge is -2.38. The highest BCUT2D eigenvalue weighted by Gasteiger charge is 2.41. The molecule has 1 aliphatic heterocycles. The number of amides is 3. The molecule has 0 aromatic heterocycles. The van der Waals surface area contributed by atoms with Crippen molar-refractivity contribution in [3.05, 3.63) is 35.9 Å². The van der Waals surface area contributed by atoms with Crippen LogP contribution in [0, 0.1) is 0 Å². The van der Waals surface area contributed by atoms with E-state index in [4.69, 9.17) is 9.84 Å². The topological polar surface area (TPSA) is 125 Å². The molecular weight excluding hydrogens is 366 g/mol. The number of carbonyl (C=O) groups excluding carboxylic acids is 3. The minimum absolute atomic E-state index is 0.0912. The normalized spacial score (nSPS) is 19.8. The molecule has 0 bridgehead atoms. The fourth-order valence-corrected chi connectivity index (χ4v) is 2.80. The third-order valence-corrected chi connectivity index (χ3v) is 3.99. The maximum absolute atomic E-state index is 12.9. The summed E-state index contributed by atoms with van der Waals surface area (Å²) in [6.07, 6.45) is -1.21. The van der Waals surface area contributed by atoms with Crippen LogP contribution in [-0.4, -0.2) is 58.1 Å². The summed E-state index contributed by atoms with van der Waals surface area (Å²) in [6.45, 7) is 5.05. The Morgan fingerprint density at radius 3 is 2.43 bits per heavy atom. The Kier molecular flexibility index (Phi) is 6.61. The first-order valence-corrected chi connectivity index (χ1v) is 8.90. The van der Waals surface area contributed by atoms with E-state index < -0.39 is 48.0 Å². The predicted octanol–water partition coefficient (Wildman–Crippen LogP) is 0.882. The van der Waals surface area contributed by atoms with Gasteiger partial charge in [-0.25, -0.2) is 4.79 Å². The van der Waals surface area contributed by atoms with Crippen LogP contribution in [-0.2, 0) is 25.7 Å². The summed E-state index contributed by atoms with van der Waals surface area (Å²) >= 11 is 0. The second-order valence-electron chi connectivity index (χ2n) is 7.51. The number of hydrogen-bond acceptors (Lipinski definition) is 5. The molecule has 3 amide bonds.